The van der Waals surface area contributed by atoms with Gasteiger partial charge in [0.05, 0.1) is 13.7 Å². The predicted octanol–water partition coefficient (Wildman–Crippen LogP) is 3.40. The molecule has 0 heterocycles. The average Bonchev–Trinajstić information content (AvgIpc) is 2.38. The van der Waals surface area contributed by atoms with Crippen molar-refractivity contribution in [3.05, 3.63) is 23.8 Å². The zero-order valence-corrected chi connectivity index (χ0v) is 12.0. The lowest BCUT2D eigenvalue weighted by molar-refractivity contribution is 0.184. The van der Waals surface area contributed by atoms with Gasteiger partial charge in [-0.2, -0.15) is 0 Å². The van der Waals surface area contributed by atoms with Gasteiger partial charge in [0.2, 0.25) is 0 Å². The minimum atomic E-state index is 0.705. The fourth-order valence-corrected chi connectivity index (χ4v) is 1.90. The van der Waals surface area contributed by atoms with Crippen LogP contribution in [0.2, 0.25) is 0 Å². The summed E-state index contributed by atoms with van der Waals surface area (Å²) in [6, 6.07) is 5.87. The molecule has 0 radical (unpaired) electrons. The molecule has 0 N–H and O–H groups in total. The molecule has 0 atom stereocenters. The maximum Gasteiger partial charge on any atom is 0.127 e. The summed E-state index contributed by atoms with van der Waals surface area (Å²) in [6.45, 7) is 1.49. The Morgan fingerprint density at radius 2 is 1.88 bits per heavy atom. The van der Waals surface area contributed by atoms with Gasteiger partial charge in [-0.3, -0.25) is 0 Å². The van der Waals surface area contributed by atoms with Crippen molar-refractivity contribution in [2.24, 2.45) is 0 Å². The summed E-state index contributed by atoms with van der Waals surface area (Å²) in [7, 11) is 3.37. The molecule has 0 spiro atoms. The lowest BCUT2D eigenvalue weighted by atomic mass is 10.2. The number of rotatable bonds is 8. The third kappa shape index (κ3) is 4.96. The number of benzene rings is 1. The lowest BCUT2D eigenvalue weighted by Crippen LogP contribution is -2.01. The van der Waals surface area contributed by atoms with Gasteiger partial charge < -0.3 is 14.2 Å². The molecule has 0 aromatic heterocycles. The van der Waals surface area contributed by atoms with E-state index < -0.39 is 0 Å². The van der Waals surface area contributed by atoms with Gasteiger partial charge in [-0.05, 0) is 18.9 Å². The van der Waals surface area contributed by atoms with E-state index in [1.54, 1.807) is 14.2 Å². The summed E-state index contributed by atoms with van der Waals surface area (Å²) < 4.78 is 15.9. The van der Waals surface area contributed by atoms with Crippen molar-refractivity contribution >= 4 is 15.9 Å². The highest BCUT2D eigenvalue weighted by molar-refractivity contribution is 9.08. The Kier molecular flexibility index (Phi) is 7.05. The van der Waals surface area contributed by atoms with Crippen LogP contribution >= 0.6 is 15.9 Å². The van der Waals surface area contributed by atoms with E-state index in [0.29, 0.717) is 6.61 Å². The largest absolute Gasteiger partial charge is 0.497 e. The standard InChI is InChI=1S/C13H19BrO3/c1-15-7-3-4-8-17-13-9-12(16-2)6-5-11(13)10-14/h5-6,9H,3-4,7-8,10H2,1-2H3. The van der Waals surface area contributed by atoms with Crippen LogP contribution in [0.3, 0.4) is 0 Å². The monoisotopic (exact) mass is 302 g/mol. The highest BCUT2D eigenvalue weighted by Crippen LogP contribution is 2.26. The van der Waals surface area contributed by atoms with Gasteiger partial charge >= 0.3 is 0 Å². The van der Waals surface area contributed by atoms with Crippen molar-refractivity contribution < 1.29 is 14.2 Å². The van der Waals surface area contributed by atoms with E-state index in [0.717, 1.165) is 41.8 Å². The number of unbranched alkanes of at least 4 members (excludes halogenated alkanes) is 1. The SMILES string of the molecule is COCCCCOc1cc(OC)ccc1CBr. The first-order valence-corrected chi connectivity index (χ1v) is 6.78. The van der Waals surface area contributed by atoms with Crippen molar-refractivity contribution in [3.63, 3.8) is 0 Å². The molecule has 1 aromatic carbocycles. The Bertz CT molecular complexity index is 328. The van der Waals surface area contributed by atoms with Crippen LogP contribution in [0.5, 0.6) is 11.5 Å². The molecule has 3 nitrogen and oxygen atoms in total. The first-order valence-electron chi connectivity index (χ1n) is 5.66. The quantitative estimate of drug-likeness (QED) is 0.544. The van der Waals surface area contributed by atoms with E-state index in [1.807, 2.05) is 18.2 Å². The number of methoxy groups -OCH3 is 2. The maximum absolute atomic E-state index is 5.75. The van der Waals surface area contributed by atoms with Crippen molar-refractivity contribution in [2.75, 3.05) is 27.4 Å². The van der Waals surface area contributed by atoms with E-state index in [4.69, 9.17) is 14.2 Å². The van der Waals surface area contributed by atoms with E-state index in [2.05, 4.69) is 15.9 Å². The number of hydrogen-bond donors (Lipinski definition) is 0. The van der Waals surface area contributed by atoms with Crippen molar-refractivity contribution in [2.45, 2.75) is 18.2 Å². The Morgan fingerprint density at radius 3 is 2.53 bits per heavy atom. The van der Waals surface area contributed by atoms with Gasteiger partial charge in [0.25, 0.3) is 0 Å². The van der Waals surface area contributed by atoms with Crippen molar-refractivity contribution in [1.29, 1.82) is 0 Å². The molecule has 0 aliphatic rings. The van der Waals surface area contributed by atoms with E-state index in [9.17, 15) is 0 Å². The van der Waals surface area contributed by atoms with E-state index in [1.165, 1.54) is 0 Å². The third-order valence-corrected chi connectivity index (χ3v) is 3.02. The zero-order valence-electron chi connectivity index (χ0n) is 10.4. The van der Waals surface area contributed by atoms with Gasteiger partial charge in [-0.25, -0.2) is 0 Å². The third-order valence-electron chi connectivity index (χ3n) is 2.42. The minimum Gasteiger partial charge on any atom is -0.497 e. The molecular formula is C13H19BrO3. The van der Waals surface area contributed by atoms with Crippen molar-refractivity contribution in [3.8, 4) is 11.5 Å². The summed E-state index contributed by atoms with van der Waals surface area (Å²) in [5.41, 5.74) is 1.14. The number of alkyl halides is 1. The van der Waals surface area contributed by atoms with Crippen LogP contribution < -0.4 is 9.47 Å². The second-order valence-corrected chi connectivity index (χ2v) is 4.22. The molecule has 0 fully saturated rings. The maximum atomic E-state index is 5.75. The number of ether oxygens (including phenoxy) is 3. The van der Waals surface area contributed by atoms with Crippen LogP contribution in [-0.2, 0) is 10.1 Å². The van der Waals surface area contributed by atoms with Crippen LogP contribution in [0, 0.1) is 0 Å². The number of hydrogen-bond acceptors (Lipinski definition) is 3. The second kappa shape index (κ2) is 8.37. The van der Waals surface area contributed by atoms with E-state index in [-0.39, 0.29) is 0 Å². The molecule has 4 heteroatoms. The van der Waals surface area contributed by atoms with Gasteiger partial charge in [-0.1, -0.05) is 22.0 Å². The van der Waals surface area contributed by atoms with Crippen LogP contribution in [0.4, 0.5) is 0 Å². The summed E-state index contributed by atoms with van der Waals surface area (Å²) in [5.74, 6) is 1.71. The summed E-state index contributed by atoms with van der Waals surface area (Å²) in [6.07, 6.45) is 2.01. The minimum absolute atomic E-state index is 0.705. The Hall–Kier alpha value is -0.740. The first kappa shape index (κ1) is 14.3. The molecule has 1 aromatic rings. The Balaban J connectivity index is 2.49. The van der Waals surface area contributed by atoms with Gasteiger partial charge in [0.1, 0.15) is 11.5 Å². The van der Waals surface area contributed by atoms with Gasteiger partial charge in [-0.15, -0.1) is 0 Å². The fraction of sp³-hybridized carbons (Fsp3) is 0.538. The molecule has 0 aliphatic carbocycles. The fourth-order valence-electron chi connectivity index (χ4n) is 1.44. The smallest absolute Gasteiger partial charge is 0.127 e. The highest BCUT2D eigenvalue weighted by Gasteiger charge is 2.04. The van der Waals surface area contributed by atoms with Crippen LogP contribution in [-0.4, -0.2) is 27.4 Å². The number of halogens is 1. The van der Waals surface area contributed by atoms with Crippen LogP contribution in [0.25, 0.3) is 0 Å². The Morgan fingerprint density at radius 1 is 1.12 bits per heavy atom. The van der Waals surface area contributed by atoms with Gasteiger partial charge in [0.15, 0.2) is 0 Å². The zero-order chi connectivity index (χ0) is 12.5. The molecular weight excluding hydrogens is 284 g/mol. The van der Waals surface area contributed by atoms with Crippen LogP contribution in [0.15, 0.2) is 18.2 Å². The van der Waals surface area contributed by atoms with Crippen molar-refractivity contribution in [1.82, 2.24) is 0 Å². The molecule has 0 aliphatic heterocycles. The summed E-state index contributed by atoms with van der Waals surface area (Å²) >= 11 is 3.45. The second-order valence-electron chi connectivity index (χ2n) is 3.66. The molecule has 0 bridgehead atoms. The molecule has 0 amide bonds. The summed E-state index contributed by atoms with van der Waals surface area (Å²) in [4.78, 5) is 0. The highest BCUT2D eigenvalue weighted by atomic mass is 79.9. The van der Waals surface area contributed by atoms with E-state index >= 15 is 0 Å². The molecule has 0 saturated carbocycles. The first-order chi connectivity index (χ1) is 8.31. The molecule has 96 valence electrons. The molecule has 17 heavy (non-hydrogen) atoms. The topological polar surface area (TPSA) is 27.7 Å². The average molecular weight is 303 g/mol. The Labute approximate surface area is 111 Å². The predicted molar refractivity (Wildman–Crippen MR) is 72.2 cm³/mol. The lowest BCUT2D eigenvalue weighted by Gasteiger charge is -2.11. The molecule has 0 saturated heterocycles. The van der Waals surface area contributed by atoms with Gasteiger partial charge in [0, 0.05) is 30.7 Å². The molecule has 1 rings (SSSR count). The summed E-state index contributed by atoms with van der Waals surface area (Å²) in [5, 5.41) is 0.782. The molecule has 0 unspecified atom stereocenters. The van der Waals surface area contributed by atoms with Crippen LogP contribution in [0.1, 0.15) is 18.4 Å². The normalized spacial score (nSPS) is 10.3.